The smallest absolute Gasteiger partial charge is 0.338 e. The van der Waals surface area contributed by atoms with E-state index in [4.69, 9.17) is 4.74 Å². The standard InChI is InChI=1S/C21H24N2O4S/c1-3-27-21(26)16-8-10-17(11-9-16)22-20(25)14-28-13-12-19(24)23-18-7-5-4-6-15(18)2/h4-11H,3,12-14H2,1-2H3,(H,22,25)(H,23,24). The normalized spacial score (nSPS) is 10.2. The predicted molar refractivity (Wildman–Crippen MR) is 113 cm³/mol. The van der Waals surface area contributed by atoms with Crippen molar-refractivity contribution in [3.05, 3.63) is 59.7 Å². The van der Waals surface area contributed by atoms with Crippen LogP contribution >= 0.6 is 11.8 Å². The Bertz CT molecular complexity index is 821. The molecule has 0 fully saturated rings. The van der Waals surface area contributed by atoms with E-state index >= 15 is 0 Å². The second kappa shape index (κ2) is 11.1. The fraction of sp³-hybridized carbons (Fsp3) is 0.286. The van der Waals surface area contributed by atoms with Gasteiger partial charge in [-0.15, -0.1) is 0 Å². The maximum Gasteiger partial charge on any atom is 0.338 e. The first-order chi connectivity index (χ1) is 13.5. The summed E-state index contributed by atoms with van der Waals surface area (Å²) in [5, 5.41) is 5.63. The molecule has 0 aliphatic heterocycles. The van der Waals surface area contributed by atoms with Gasteiger partial charge in [-0.1, -0.05) is 18.2 Å². The molecule has 0 saturated carbocycles. The van der Waals surface area contributed by atoms with Gasteiger partial charge in [-0.05, 0) is 49.7 Å². The molecular weight excluding hydrogens is 376 g/mol. The van der Waals surface area contributed by atoms with E-state index in [1.165, 1.54) is 11.8 Å². The highest BCUT2D eigenvalue weighted by molar-refractivity contribution is 7.99. The lowest BCUT2D eigenvalue weighted by Crippen LogP contribution is -2.16. The maximum atomic E-state index is 12.0. The number of rotatable bonds is 9. The second-order valence-corrected chi connectivity index (χ2v) is 7.12. The lowest BCUT2D eigenvalue weighted by atomic mass is 10.2. The average Bonchev–Trinajstić information content (AvgIpc) is 2.68. The number of ether oxygens (including phenoxy) is 1. The highest BCUT2D eigenvalue weighted by Crippen LogP contribution is 2.15. The molecule has 0 aliphatic rings. The second-order valence-electron chi connectivity index (χ2n) is 6.01. The van der Waals surface area contributed by atoms with E-state index in [9.17, 15) is 14.4 Å². The molecule has 2 aromatic carbocycles. The zero-order valence-electron chi connectivity index (χ0n) is 16.0. The Balaban J connectivity index is 1.68. The third-order valence-electron chi connectivity index (χ3n) is 3.81. The van der Waals surface area contributed by atoms with Gasteiger partial charge in [-0.2, -0.15) is 11.8 Å². The fourth-order valence-electron chi connectivity index (χ4n) is 2.36. The summed E-state index contributed by atoms with van der Waals surface area (Å²) in [5.74, 6) is 0.175. The summed E-state index contributed by atoms with van der Waals surface area (Å²) in [7, 11) is 0. The Morgan fingerprint density at radius 1 is 0.964 bits per heavy atom. The third kappa shape index (κ3) is 7.08. The number of benzene rings is 2. The van der Waals surface area contributed by atoms with E-state index in [0.29, 0.717) is 30.0 Å². The molecule has 0 aromatic heterocycles. The molecule has 148 valence electrons. The van der Waals surface area contributed by atoms with Crippen molar-refractivity contribution in [3.8, 4) is 0 Å². The van der Waals surface area contributed by atoms with Crippen molar-refractivity contribution in [2.24, 2.45) is 0 Å². The quantitative estimate of drug-likeness (QED) is 0.493. The first kappa shape index (κ1) is 21.5. The Morgan fingerprint density at radius 3 is 2.36 bits per heavy atom. The van der Waals surface area contributed by atoms with Gasteiger partial charge >= 0.3 is 5.97 Å². The van der Waals surface area contributed by atoms with Crippen molar-refractivity contribution in [1.29, 1.82) is 0 Å². The Labute approximate surface area is 169 Å². The van der Waals surface area contributed by atoms with Crippen molar-refractivity contribution in [2.45, 2.75) is 20.3 Å². The number of thioether (sulfide) groups is 1. The van der Waals surface area contributed by atoms with Crippen molar-refractivity contribution in [1.82, 2.24) is 0 Å². The first-order valence-corrected chi connectivity index (χ1v) is 10.2. The molecule has 0 aliphatic carbocycles. The van der Waals surface area contributed by atoms with E-state index in [1.807, 2.05) is 31.2 Å². The molecule has 0 radical (unpaired) electrons. The Morgan fingerprint density at radius 2 is 1.68 bits per heavy atom. The molecule has 0 atom stereocenters. The summed E-state index contributed by atoms with van der Waals surface area (Å²) in [6.07, 6.45) is 0.334. The number of carbonyl (C=O) groups is 3. The molecule has 0 bridgehead atoms. The largest absolute Gasteiger partial charge is 0.462 e. The molecule has 0 unspecified atom stereocenters. The van der Waals surface area contributed by atoms with Gasteiger partial charge in [-0.25, -0.2) is 4.79 Å². The number of anilines is 2. The highest BCUT2D eigenvalue weighted by atomic mass is 32.2. The van der Waals surface area contributed by atoms with Crippen LogP contribution in [0.3, 0.4) is 0 Å². The maximum absolute atomic E-state index is 12.0. The minimum atomic E-state index is -0.389. The predicted octanol–water partition coefficient (Wildman–Crippen LogP) is 3.87. The van der Waals surface area contributed by atoms with Crippen molar-refractivity contribution < 1.29 is 19.1 Å². The van der Waals surface area contributed by atoms with E-state index in [1.54, 1.807) is 31.2 Å². The van der Waals surface area contributed by atoms with E-state index in [0.717, 1.165) is 11.3 Å². The molecule has 0 saturated heterocycles. The van der Waals surface area contributed by atoms with Gasteiger partial charge in [0.1, 0.15) is 0 Å². The van der Waals surface area contributed by atoms with Gasteiger partial charge in [0, 0.05) is 23.5 Å². The number of aryl methyl sites for hydroxylation is 1. The van der Waals surface area contributed by atoms with Crippen LogP contribution in [-0.4, -0.2) is 35.9 Å². The third-order valence-corrected chi connectivity index (χ3v) is 4.76. The molecule has 0 spiro atoms. The number of amides is 2. The van der Waals surface area contributed by atoms with Gasteiger partial charge < -0.3 is 15.4 Å². The lowest BCUT2D eigenvalue weighted by molar-refractivity contribution is -0.116. The topological polar surface area (TPSA) is 84.5 Å². The van der Waals surface area contributed by atoms with Crippen LogP contribution in [-0.2, 0) is 14.3 Å². The van der Waals surface area contributed by atoms with Gasteiger partial charge in [0.2, 0.25) is 11.8 Å². The molecule has 2 amide bonds. The molecule has 0 heterocycles. The molecule has 2 rings (SSSR count). The molecule has 7 heteroatoms. The number of hydrogen-bond donors (Lipinski definition) is 2. The van der Waals surface area contributed by atoms with Crippen LogP contribution in [0.4, 0.5) is 11.4 Å². The molecule has 2 aromatic rings. The van der Waals surface area contributed by atoms with Gasteiger partial charge in [0.15, 0.2) is 0 Å². The number of nitrogens with one attached hydrogen (secondary N) is 2. The van der Waals surface area contributed by atoms with Crippen LogP contribution in [0.25, 0.3) is 0 Å². The van der Waals surface area contributed by atoms with Crippen LogP contribution in [0, 0.1) is 6.92 Å². The number of hydrogen-bond acceptors (Lipinski definition) is 5. The molecule has 2 N–H and O–H groups in total. The molecule has 6 nitrogen and oxygen atoms in total. The van der Waals surface area contributed by atoms with Crippen LogP contribution < -0.4 is 10.6 Å². The van der Waals surface area contributed by atoms with Crippen LogP contribution in [0.15, 0.2) is 48.5 Å². The minimum Gasteiger partial charge on any atom is -0.462 e. The SMILES string of the molecule is CCOC(=O)c1ccc(NC(=O)CSCCC(=O)Nc2ccccc2C)cc1. The fourth-order valence-corrected chi connectivity index (χ4v) is 3.09. The zero-order chi connectivity index (χ0) is 20.4. The van der Waals surface area contributed by atoms with Crippen molar-refractivity contribution >= 4 is 40.9 Å². The van der Waals surface area contributed by atoms with E-state index in [2.05, 4.69) is 10.6 Å². The summed E-state index contributed by atoms with van der Waals surface area (Å²) in [4.78, 5) is 35.6. The van der Waals surface area contributed by atoms with Crippen LogP contribution in [0.5, 0.6) is 0 Å². The van der Waals surface area contributed by atoms with Gasteiger partial charge in [0.05, 0.1) is 17.9 Å². The number of carbonyl (C=O) groups excluding carboxylic acids is 3. The number of para-hydroxylation sites is 1. The summed E-state index contributed by atoms with van der Waals surface area (Å²) in [6.45, 7) is 4.00. The van der Waals surface area contributed by atoms with Gasteiger partial charge in [-0.3, -0.25) is 9.59 Å². The number of esters is 1. The summed E-state index contributed by atoms with van der Waals surface area (Å²) in [6, 6.07) is 14.1. The Hall–Kier alpha value is -2.80. The van der Waals surface area contributed by atoms with E-state index in [-0.39, 0.29) is 23.5 Å². The summed E-state index contributed by atoms with van der Waals surface area (Å²) >= 11 is 1.39. The minimum absolute atomic E-state index is 0.0724. The Kier molecular flexibility index (Phi) is 8.55. The van der Waals surface area contributed by atoms with Crippen LogP contribution in [0.1, 0.15) is 29.3 Å². The highest BCUT2D eigenvalue weighted by Gasteiger charge is 2.08. The lowest BCUT2D eigenvalue weighted by Gasteiger charge is -2.08. The summed E-state index contributed by atoms with van der Waals surface area (Å²) < 4.78 is 4.92. The average molecular weight is 401 g/mol. The van der Waals surface area contributed by atoms with E-state index < -0.39 is 0 Å². The summed E-state index contributed by atoms with van der Waals surface area (Å²) in [5.41, 5.74) is 2.86. The molecular formula is C21H24N2O4S. The monoisotopic (exact) mass is 400 g/mol. The van der Waals surface area contributed by atoms with Crippen LogP contribution in [0.2, 0.25) is 0 Å². The van der Waals surface area contributed by atoms with Crippen molar-refractivity contribution in [2.75, 3.05) is 28.7 Å². The molecule has 28 heavy (non-hydrogen) atoms. The zero-order valence-corrected chi connectivity index (χ0v) is 16.8. The van der Waals surface area contributed by atoms with Gasteiger partial charge in [0.25, 0.3) is 0 Å². The first-order valence-electron chi connectivity index (χ1n) is 9.00. The van der Waals surface area contributed by atoms with Crippen molar-refractivity contribution in [3.63, 3.8) is 0 Å².